The molecule has 0 saturated carbocycles. The molecule has 1 N–H and O–H groups in total. The van der Waals surface area contributed by atoms with Crippen molar-refractivity contribution in [1.82, 2.24) is 0 Å². The van der Waals surface area contributed by atoms with Crippen molar-refractivity contribution in [2.45, 2.75) is 19.8 Å². The fraction of sp³-hybridized carbons (Fsp3) is 0.333. The number of carboxylic acid groups (broad SMARTS) is 1. The molecule has 0 saturated heterocycles. The minimum Gasteiger partial charge on any atom is -0.480 e. The monoisotopic (exact) mass is 257 g/mol. The highest BCUT2D eigenvalue weighted by Gasteiger charge is 2.21. The summed E-state index contributed by atoms with van der Waals surface area (Å²) in [5.41, 5.74) is -0.225. The summed E-state index contributed by atoms with van der Waals surface area (Å²) in [4.78, 5) is 23.2. The van der Waals surface area contributed by atoms with Crippen LogP contribution in [0.15, 0.2) is 18.2 Å². The Morgan fingerprint density at radius 3 is 2.50 bits per heavy atom. The van der Waals surface area contributed by atoms with Crippen LogP contribution < -0.4 is 4.90 Å². The van der Waals surface area contributed by atoms with Gasteiger partial charge in [-0.25, -0.2) is 8.78 Å². The summed E-state index contributed by atoms with van der Waals surface area (Å²) in [5, 5.41) is 8.72. The minimum absolute atomic E-state index is 0.101. The van der Waals surface area contributed by atoms with Crippen LogP contribution in [0, 0.1) is 11.6 Å². The van der Waals surface area contributed by atoms with Gasteiger partial charge < -0.3 is 5.11 Å². The Hall–Kier alpha value is -1.98. The van der Waals surface area contributed by atoms with Gasteiger partial charge in [-0.3, -0.25) is 14.5 Å². The van der Waals surface area contributed by atoms with E-state index < -0.39 is 30.1 Å². The van der Waals surface area contributed by atoms with Crippen LogP contribution in [-0.4, -0.2) is 23.5 Å². The second-order valence-corrected chi connectivity index (χ2v) is 3.72. The van der Waals surface area contributed by atoms with E-state index in [0.29, 0.717) is 12.5 Å². The van der Waals surface area contributed by atoms with E-state index in [2.05, 4.69) is 0 Å². The maximum Gasteiger partial charge on any atom is 0.323 e. The van der Waals surface area contributed by atoms with Gasteiger partial charge in [0.2, 0.25) is 5.91 Å². The van der Waals surface area contributed by atoms with Crippen molar-refractivity contribution >= 4 is 17.6 Å². The summed E-state index contributed by atoms with van der Waals surface area (Å²) in [7, 11) is 0. The van der Waals surface area contributed by atoms with Crippen molar-refractivity contribution < 1.29 is 23.5 Å². The first-order chi connectivity index (χ1) is 8.45. The smallest absolute Gasteiger partial charge is 0.323 e. The molecule has 1 amide bonds. The summed E-state index contributed by atoms with van der Waals surface area (Å²) >= 11 is 0. The Kier molecular flexibility index (Phi) is 4.76. The number of rotatable bonds is 5. The van der Waals surface area contributed by atoms with Gasteiger partial charge >= 0.3 is 5.97 Å². The van der Waals surface area contributed by atoms with Gasteiger partial charge in [-0.15, -0.1) is 0 Å². The highest BCUT2D eigenvalue weighted by molar-refractivity contribution is 5.97. The summed E-state index contributed by atoms with van der Waals surface area (Å²) in [6, 6.07) is 2.65. The highest BCUT2D eigenvalue weighted by atomic mass is 19.1. The van der Waals surface area contributed by atoms with Gasteiger partial charge in [0.1, 0.15) is 18.2 Å². The third-order valence-corrected chi connectivity index (χ3v) is 2.26. The predicted molar refractivity (Wildman–Crippen MR) is 61.3 cm³/mol. The van der Waals surface area contributed by atoms with E-state index in [1.54, 1.807) is 6.92 Å². The average molecular weight is 257 g/mol. The van der Waals surface area contributed by atoms with Crippen molar-refractivity contribution in [2.24, 2.45) is 0 Å². The first kappa shape index (κ1) is 14.1. The summed E-state index contributed by atoms with van der Waals surface area (Å²) in [6.45, 7) is 1.10. The number of carboxylic acids is 1. The second-order valence-electron chi connectivity index (χ2n) is 3.72. The molecule has 1 aromatic rings. The Bertz CT molecular complexity index is 463. The highest BCUT2D eigenvalue weighted by Crippen LogP contribution is 2.21. The third kappa shape index (κ3) is 3.51. The maximum atomic E-state index is 13.5. The molecule has 0 heterocycles. The molecule has 0 unspecified atom stereocenters. The minimum atomic E-state index is -1.26. The Balaban J connectivity index is 3.08. The van der Waals surface area contributed by atoms with Gasteiger partial charge in [0.25, 0.3) is 0 Å². The Morgan fingerprint density at radius 2 is 2.00 bits per heavy atom. The quantitative estimate of drug-likeness (QED) is 0.879. The van der Waals surface area contributed by atoms with Crippen LogP contribution in [0.2, 0.25) is 0 Å². The number of aliphatic carboxylic acids is 1. The zero-order chi connectivity index (χ0) is 13.7. The Morgan fingerprint density at radius 1 is 1.33 bits per heavy atom. The van der Waals surface area contributed by atoms with Crippen LogP contribution in [0.1, 0.15) is 19.8 Å². The molecule has 6 heteroatoms. The average Bonchev–Trinajstić information content (AvgIpc) is 2.26. The number of benzene rings is 1. The second kappa shape index (κ2) is 6.09. The van der Waals surface area contributed by atoms with Crippen LogP contribution in [0.25, 0.3) is 0 Å². The molecule has 0 aliphatic heterocycles. The number of amides is 1. The summed E-state index contributed by atoms with van der Waals surface area (Å²) < 4.78 is 26.3. The van der Waals surface area contributed by atoms with Gasteiger partial charge in [-0.05, 0) is 18.6 Å². The number of carbonyl (C=O) groups is 2. The molecule has 0 aromatic heterocycles. The van der Waals surface area contributed by atoms with Gasteiger partial charge in [0.15, 0.2) is 0 Å². The maximum absolute atomic E-state index is 13.5. The zero-order valence-corrected chi connectivity index (χ0v) is 9.82. The number of nitrogens with zero attached hydrogens (tertiary/aromatic N) is 1. The molecular weight excluding hydrogens is 244 g/mol. The lowest BCUT2D eigenvalue weighted by atomic mass is 10.2. The van der Waals surface area contributed by atoms with E-state index in [-0.39, 0.29) is 12.1 Å². The van der Waals surface area contributed by atoms with Crippen molar-refractivity contribution in [1.29, 1.82) is 0 Å². The first-order valence-corrected chi connectivity index (χ1v) is 5.43. The van der Waals surface area contributed by atoms with Gasteiger partial charge in [0, 0.05) is 12.5 Å². The fourth-order valence-corrected chi connectivity index (χ4v) is 1.49. The van der Waals surface area contributed by atoms with Crippen LogP contribution >= 0.6 is 0 Å². The number of anilines is 1. The fourth-order valence-electron chi connectivity index (χ4n) is 1.49. The summed E-state index contributed by atoms with van der Waals surface area (Å²) in [6.07, 6.45) is 0.613. The number of carbonyl (C=O) groups excluding carboxylic acids is 1. The predicted octanol–water partition coefficient (Wildman–Crippen LogP) is 2.18. The van der Waals surface area contributed by atoms with E-state index in [1.165, 1.54) is 0 Å². The van der Waals surface area contributed by atoms with Gasteiger partial charge in [0.05, 0.1) is 5.69 Å². The van der Waals surface area contributed by atoms with Crippen LogP contribution in [-0.2, 0) is 9.59 Å². The molecule has 98 valence electrons. The number of halogens is 2. The molecule has 0 aliphatic carbocycles. The number of hydrogen-bond donors (Lipinski definition) is 1. The van der Waals surface area contributed by atoms with Crippen molar-refractivity contribution in [3.8, 4) is 0 Å². The van der Waals surface area contributed by atoms with Crippen LogP contribution in [0.3, 0.4) is 0 Å². The molecule has 0 radical (unpaired) electrons. The molecule has 1 rings (SSSR count). The standard InChI is InChI=1S/C12H13F2NO3/c1-2-3-11(16)15(7-12(17)18)10-5-4-8(13)6-9(10)14/h4-6H,2-3,7H2,1H3,(H,17,18). The zero-order valence-electron chi connectivity index (χ0n) is 9.82. The molecule has 1 aromatic carbocycles. The van der Waals surface area contributed by atoms with E-state index >= 15 is 0 Å². The molecular formula is C12H13F2NO3. The lowest BCUT2D eigenvalue weighted by Crippen LogP contribution is -2.36. The van der Waals surface area contributed by atoms with Crippen molar-refractivity contribution in [3.05, 3.63) is 29.8 Å². The Labute approximate surface area is 103 Å². The van der Waals surface area contributed by atoms with E-state index in [9.17, 15) is 18.4 Å². The largest absolute Gasteiger partial charge is 0.480 e. The van der Waals surface area contributed by atoms with Gasteiger partial charge in [-0.2, -0.15) is 0 Å². The molecule has 0 atom stereocenters. The first-order valence-electron chi connectivity index (χ1n) is 5.43. The SMILES string of the molecule is CCCC(=O)N(CC(=O)O)c1ccc(F)cc1F. The van der Waals surface area contributed by atoms with E-state index in [4.69, 9.17) is 5.11 Å². The molecule has 18 heavy (non-hydrogen) atoms. The number of hydrogen-bond acceptors (Lipinski definition) is 2. The van der Waals surface area contributed by atoms with Crippen molar-refractivity contribution in [3.63, 3.8) is 0 Å². The molecule has 0 bridgehead atoms. The topological polar surface area (TPSA) is 57.6 Å². The molecule has 0 spiro atoms. The van der Waals surface area contributed by atoms with E-state index in [1.807, 2.05) is 0 Å². The van der Waals surface area contributed by atoms with Gasteiger partial charge in [-0.1, -0.05) is 6.92 Å². The van der Waals surface area contributed by atoms with Crippen LogP contribution in [0.5, 0.6) is 0 Å². The third-order valence-electron chi connectivity index (χ3n) is 2.26. The molecule has 0 fully saturated rings. The lowest BCUT2D eigenvalue weighted by molar-refractivity contribution is -0.136. The lowest BCUT2D eigenvalue weighted by Gasteiger charge is -2.21. The van der Waals surface area contributed by atoms with Crippen LogP contribution in [0.4, 0.5) is 14.5 Å². The normalized spacial score (nSPS) is 10.2. The molecule has 0 aliphatic rings. The van der Waals surface area contributed by atoms with Crippen molar-refractivity contribution in [2.75, 3.05) is 11.4 Å². The van der Waals surface area contributed by atoms with E-state index in [0.717, 1.165) is 17.0 Å². The summed E-state index contributed by atoms with van der Waals surface area (Å²) in [5.74, 6) is -3.51. The molecule has 4 nitrogen and oxygen atoms in total.